The number of carboxylic acid groups (broad SMARTS) is 1. The summed E-state index contributed by atoms with van der Waals surface area (Å²) >= 11 is 0.403. The molecule has 5 nitrogen and oxygen atoms in total. The first-order valence-corrected chi connectivity index (χ1v) is 8.34. The summed E-state index contributed by atoms with van der Waals surface area (Å²) in [6.07, 6.45) is -5.25. The Bertz CT molecular complexity index is 607. The van der Waals surface area contributed by atoms with Gasteiger partial charge in [-0.3, -0.25) is 14.4 Å². The van der Waals surface area contributed by atoms with E-state index in [-0.39, 0.29) is 6.42 Å². The average molecular weight is 377 g/mol. The molecular formula is C16H18F3NO4S. The molecule has 25 heavy (non-hydrogen) atoms. The molecule has 0 saturated carbocycles. The van der Waals surface area contributed by atoms with Crippen LogP contribution in [0.5, 0.6) is 0 Å². The zero-order valence-corrected chi connectivity index (χ0v) is 14.2. The van der Waals surface area contributed by atoms with E-state index in [9.17, 15) is 27.6 Å². The minimum atomic E-state index is -4.83. The van der Waals surface area contributed by atoms with Crippen LogP contribution in [-0.4, -0.2) is 40.1 Å². The maximum absolute atomic E-state index is 13.1. The smallest absolute Gasteiger partial charge is 0.401 e. The van der Waals surface area contributed by atoms with Crippen LogP contribution in [-0.2, 0) is 20.8 Å². The van der Waals surface area contributed by atoms with Gasteiger partial charge < -0.3 is 10.4 Å². The van der Waals surface area contributed by atoms with Gasteiger partial charge in [0.1, 0.15) is 5.92 Å². The van der Waals surface area contributed by atoms with Crippen molar-refractivity contribution in [1.29, 1.82) is 0 Å². The van der Waals surface area contributed by atoms with Crippen LogP contribution in [0.3, 0.4) is 0 Å². The highest BCUT2D eigenvalue weighted by molar-refractivity contribution is 8.13. The first-order valence-electron chi connectivity index (χ1n) is 7.35. The summed E-state index contributed by atoms with van der Waals surface area (Å²) in [5.74, 6) is -5.68. The van der Waals surface area contributed by atoms with Crippen molar-refractivity contribution in [3.8, 4) is 0 Å². The lowest BCUT2D eigenvalue weighted by Crippen LogP contribution is -2.46. The number of carboxylic acids is 1. The van der Waals surface area contributed by atoms with Crippen LogP contribution in [0.25, 0.3) is 0 Å². The first kappa shape index (κ1) is 21.0. The zero-order chi connectivity index (χ0) is 19.0. The predicted octanol–water partition coefficient (Wildman–Crippen LogP) is 2.65. The van der Waals surface area contributed by atoms with Crippen molar-refractivity contribution in [2.75, 3.05) is 5.75 Å². The molecule has 0 heterocycles. The molecular weight excluding hydrogens is 359 g/mol. The molecule has 0 fully saturated rings. The van der Waals surface area contributed by atoms with Crippen molar-refractivity contribution in [2.24, 2.45) is 5.92 Å². The molecule has 1 amide bonds. The lowest BCUT2D eigenvalue weighted by molar-refractivity contribution is -0.178. The summed E-state index contributed by atoms with van der Waals surface area (Å²) in [6.45, 7) is 1.11. The molecule has 2 N–H and O–H groups in total. The molecule has 1 aromatic rings. The van der Waals surface area contributed by atoms with E-state index in [2.05, 4.69) is 5.32 Å². The van der Waals surface area contributed by atoms with Gasteiger partial charge in [0.25, 0.3) is 0 Å². The van der Waals surface area contributed by atoms with E-state index in [0.717, 1.165) is 6.92 Å². The van der Waals surface area contributed by atoms with Gasteiger partial charge in [0, 0.05) is 18.7 Å². The number of hydrogen-bond acceptors (Lipinski definition) is 4. The zero-order valence-electron chi connectivity index (χ0n) is 13.4. The van der Waals surface area contributed by atoms with Gasteiger partial charge >= 0.3 is 12.1 Å². The van der Waals surface area contributed by atoms with Gasteiger partial charge in [-0.05, 0) is 12.0 Å². The van der Waals surface area contributed by atoms with Crippen molar-refractivity contribution in [2.45, 2.75) is 32.0 Å². The maximum atomic E-state index is 13.1. The molecule has 1 aromatic carbocycles. The van der Waals surface area contributed by atoms with Gasteiger partial charge in [-0.15, -0.1) is 0 Å². The third-order valence-electron chi connectivity index (χ3n) is 3.26. The monoisotopic (exact) mass is 377 g/mol. The van der Waals surface area contributed by atoms with E-state index >= 15 is 0 Å². The minimum Gasteiger partial charge on any atom is -0.481 e. The molecule has 0 bridgehead atoms. The number of hydrogen-bond donors (Lipinski definition) is 2. The van der Waals surface area contributed by atoms with Crippen molar-refractivity contribution in [3.05, 3.63) is 35.9 Å². The molecule has 1 rings (SSSR count). The molecule has 0 radical (unpaired) electrons. The van der Waals surface area contributed by atoms with E-state index in [4.69, 9.17) is 5.11 Å². The number of halogens is 3. The topological polar surface area (TPSA) is 83.5 Å². The molecule has 2 atom stereocenters. The second kappa shape index (κ2) is 9.45. The van der Waals surface area contributed by atoms with Gasteiger partial charge in [0.15, 0.2) is 5.12 Å². The van der Waals surface area contributed by atoms with Gasteiger partial charge in [-0.2, -0.15) is 13.2 Å². The SMILES string of the molecule is CC(=O)SCC(C(=O)NC(CC(=O)O)Cc1ccccc1)C(F)(F)F. The van der Waals surface area contributed by atoms with Crippen LogP contribution >= 0.6 is 11.8 Å². The second-order valence-corrected chi connectivity index (χ2v) is 6.59. The van der Waals surface area contributed by atoms with Crippen LogP contribution in [0.1, 0.15) is 18.9 Å². The number of thioether (sulfide) groups is 1. The summed E-state index contributed by atoms with van der Waals surface area (Å²) in [5.41, 5.74) is 0.690. The molecule has 0 aliphatic rings. The summed E-state index contributed by atoms with van der Waals surface area (Å²) < 4.78 is 39.2. The van der Waals surface area contributed by atoms with E-state index in [1.54, 1.807) is 30.3 Å². The van der Waals surface area contributed by atoms with Crippen molar-refractivity contribution in [3.63, 3.8) is 0 Å². The van der Waals surface area contributed by atoms with Gasteiger partial charge in [0.2, 0.25) is 5.91 Å². The second-order valence-electron chi connectivity index (χ2n) is 5.39. The first-order chi connectivity index (χ1) is 11.6. The van der Waals surface area contributed by atoms with Crippen LogP contribution in [0, 0.1) is 5.92 Å². The summed E-state index contributed by atoms with van der Waals surface area (Å²) in [4.78, 5) is 33.9. The lowest BCUT2D eigenvalue weighted by Gasteiger charge is -2.23. The third-order valence-corrected chi connectivity index (χ3v) is 4.16. The number of alkyl halides is 3. The third kappa shape index (κ3) is 8.06. The van der Waals surface area contributed by atoms with E-state index < -0.39 is 47.3 Å². The number of carbonyl (C=O) groups excluding carboxylic acids is 2. The predicted molar refractivity (Wildman–Crippen MR) is 87.0 cm³/mol. The number of amides is 1. The molecule has 0 aliphatic carbocycles. The van der Waals surface area contributed by atoms with Crippen molar-refractivity contribution >= 4 is 28.8 Å². The normalized spacial score (nSPS) is 13.8. The van der Waals surface area contributed by atoms with Crippen molar-refractivity contribution < 1.29 is 32.7 Å². The highest BCUT2D eigenvalue weighted by Crippen LogP contribution is 2.29. The Hall–Kier alpha value is -2.03. The summed E-state index contributed by atoms with van der Waals surface area (Å²) in [7, 11) is 0. The molecule has 0 spiro atoms. The summed E-state index contributed by atoms with van der Waals surface area (Å²) in [6, 6.07) is 7.54. The Morgan fingerprint density at radius 3 is 2.28 bits per heavy atom. The quantitative estimate of drug-likeness (QED) is 0.728. The minimum absolute atomic E-state index is 0.0866. The van der Waals surface area contributed by atoms with Crippen LogP contribution in [0.2, 0.25) is 0 Å². The molecule has 0 aliphatic heterocycles. The fraction of sp³-hybridized carbons (Fsp3) is 0.438. The Balaban J connectivity index is 2.86. The fourth-order valence-electron chi connectivity index (χ4n) is 2.10. The average Bonchev–Trinajstić information content (AvgIpc) is 2.45. The van der Waals surface area contributed by atoms with Crippen LogP contribution in [0.4, 0.5) is 13.2 Å². The number of benzene rings is 1. The van der Waals surface area contributed by atoms with E-state index in [1.807, 2.05) is 0 Å². The summed E-state index contributed by atoms with van der Waals surface area (Å²) in [5, 5.41) is 10.6. The Morgan fingerprint density at radius 1 is 1.20 bits per heavy atom. The molecule has 2 unspecified atom stereocenters. The van der Waals surface area contributed by atoms with Gasteiger partial charge in [-0.25, -0.2) is 0 Å². The fourth-order valence-corrected chi connectivity index (χ4v) is 2.85. The number of rotatable bonds is 8. The van der Waals surface area contributed by atoms with Gasteiger partial charge in [-0.1, -0.05) is 42.1 Å². The highest BCUT2D eigenvalue weighted by Gasteiger charge is 2.45. The largest absolute Gasteiger partial charge is 0.481 e. The Labute approximate surface area is 147 Å². The Kier molecular flexibility index (Phi) is 7.95. The lowest BCUT2D eigenvalue weighted by atomic mass is 10.0. The standard InChI is InChI=1S/C16H18F3NO4S/c1-10(21)25-9-13(16(17,18)19)15(24)20-12(8-14(22)23)7-11-5-3-2-4-6-11/h2-6,12-13H,7-9H2,1H3,(H,20,24)(H,22,23). The molecule has 9 heteroatoms. The number of aliphatic carboxylic acids is 1. The maximum Gasteiger partial charge on any atom is 0.401 e. The van der Waals surface area contributed by atoms with Gasteiger partial charge in [0.05, 0.1) is 6.42 Å². The molecule has 0 saturated heterocycles. The van der Waals surface area contributed by atoms with E-state index in [0.29, 0.717) is 17.3 Å². The Morgan fingerprint density at radius 2 is 1.80 bits per heavy atom. The van der Waals surface area contributed by atoms with Crippen LogP contribution < -0.4 is 5.32 Å². The van der Waals surface area contributed by atoms with Crippen LogP contribution in [0.15, 0.2) is 30.3 Å². The van der Waals surface area contributed by atoms with Crippen molar-refractivity contribution in [1.82, 2.24) is 5.32 Å². The highest BCUT2D eigenvalue weighted by atomic mass is 32.2. The molecule has 0 aromatic heterocycles. The number of carbonyl (C=O) groups is 3. The number of nitrogens with one attached hydrogen (secondary N) is 1. The van der Waals surface area contributed by atoms with E-state index in [1.165, 1.54) is 0 Å². The molecule has 138 valence electrons.